The first-order valence-corrected chi connectivity index (χ1v) is 9.47. The molecule has 0 bridgehead atoms. The Labute approximate surface area is 180 Å². The van der Waals surface area contributed by atoms with Crippen molar-refractivity contribution in [3.05, 3.63) is 35.4 Å². The number of guanidine groups is 1. The molecular formula is C20H34IN5O. The van der Waals surface area contributed by atoms with Gasteiger partial charge in [0.05, 0.1) is 0 Å². The lowest BCUT2D eigenvalue weighted by Gasteiger charge is -2.33. The van der Waals surface area contributed by atoms with Gasteiger partial charge in [-0.2, -0.15) is 0 Å². The van der Waals surface area contributed by atoms with Crippen molar-refractivity contribution in [2.24, 2.45) is 10.9 Å². The van der Waals surface area contributed by atoms with Gasteiger partial charge in [0.1, 0.15) is 0 Å². The van der Waals surface area contributed by atoms with Crippen LogP contribution in [0.1, 0.15) is 35.7 Å². The highest BCUT2D eigenvalue weighted by atomic mass is 127. The standard InChI is InChI=1S/C20H33N5O.HI/c1-16-7-6-11-25(15-16)20(21-2)23-14-17-8-5-9-18(13-17)19(26)22-10-12-24(3)4;/h5,8-9,13,16H,6-7,10-12,14-15H2,1-4H3,(H,21,23)(H,22,26);1H. The smallest absolute Gasteiger partial charge is 0.251 e. The molecule has 152 valence electrons. The summed E-state index contributed by atoms with van der Waals surface area (Å²) in [6.07, 6.45) is 2.50. The summed E-state index contributed by atoms with van der Waals surface area (Å²) in [7, 11) is 5.82. The third-order valence-corrected chi connectivity index (χ3v) is 4.65. The maximum atomic E-state index is 12.3. The molecule has 1 aromatic rings. The fraction of sp³-hybridized carbons (Fsp3) is 0.600. The molecule has 0 spiro atoms. The normalized spacial score (nSPS) is 17.4. The molecule has 2 rings (SSSR count). The molecule has 1 atom stereocenters. The maximum absolute atomic E-state index is 12.3. The van der Waals surface area contributed by atoms with Crippen LogP contribution in [0.15, 0.2) is 29.3 Å². The van der Waals surface area contributed by atoms with Crippen LogP contribution in [0.3, 0.4) is 0 Å². The third-order valence-electron chi connectivity index (χ3n) is 4.65. The van der Waals surface area contributed by atoms with E-state index in [4.69, 9.17) is 0 Å². The number of nitrogens with zero attached hydrogens (tertiary/aromatic N) is 3. The van der Waals surface area contributed by atoms with Crippen molar-refractivity contribution in [2.75, 3.05) is 47.3 Å². The van der Waals surface area contributed by atoms with Crippen molar-refractivity contribution in [1.82, 2.24) is 20.4 Å². The molecule has 6 nitrogen and oxygen atoms in total. The summed E-state index contributed by atoms with van der Waals surface area (Å²) in [6, 6.07) is 7.78. The Balaban J connectivity index is 0.00000364. The van der Waals surface area contributed by atoms with Crippen LogP contribution in [0.2, 0.25) is 0 Å². The lowest BCUT2D eigenvalue weighted by Crippen LogP contribution is -2.45. The quantitative estimate of drug-likeness (QED) is 0.368. The highest BCUT2D eigenvalue weighted by Gasteiger charge is 2.19. The Morgan fingerprint density at radius 1 is 1.33 bits per heavy atom. The molecule has 27 heavy (non-hydrogen) atoms. The molecule has 1 heterocycles. The van der Waals surface area contributed by atoms with Crippen molar-refractivity contribution in [1.29, 1.82) is 0 Å². The van der Waals surface area contributed by atoms with Crippen LogP contribution in [-0.4, -0.2) is 69.0 Å². The number of aliphatic imine (C=N–C) groups is 1. The summed E-state index contributed by atoms with van der Waals surface area (Å²) in [5, 5.41) is 6.39. The molecule has 2 N–H and O–H groups in total. The van der Waals surface area contributed by atoms with Gasteiger partial charge in [0.25, 0.3) is 5.91 Å². The van der Waals surface area contributed by atoms with Gasteiger partial charge in [-0.1, -0.05) is 19.1 Å². The Kier molecular flexibility index (Phi) is 10.7. The Hall–Kier alpha value is -1.35. The van der Waals surface area contributed by atoms with E-state index in [9.17, 15) is 4.79 Å². The van der Waals surface area contributed by atoms with Gasteiger partial charge in [-0.3, -0.25) is 9.79 Å². The summed E-state index contributed by atoms with van der Waals surface area (Å²) in [5.41, 5.74) is 1.78. The molecule has 0 aliphatic carbocycles. The van der Waals surface area contributed by atoms with E-state index in [0.29, 0.717) is 24.6 Å². The summed E-state index contributed by atoms with van der Waals surface area (Å²) in [5.74, 6) is 1.62. The van der Waals surface area contributed by atoms with E-state index in [0.717, 1.165) is 31.2 Å². The van der Waals surface area contributed by atoms with E-state index < -0.39 is 0 Å². The van der Waals surface area contributed by atoms with E-state index in [1.54, 1.807) is 0 Å². The second kappa shape index (κ2) is 12.2. The SMILES string of the molecule is CN=C(NCc1cccc(C(=O)NCCN(C)C)c1)N1CCCC(C)C1.I. The van der Waals surface area contributed by atoms with Gasteiger partial charge in [-0.05, 0) is 50.6 Å². The van der Waals surface area contributed by atoms with Gasteiger partial charge in [-0.15, -0.1) is 24.0 Å². The van der Waals surface area contributed by atoms with Crippen molar-refractivity contribution in [2.45, 2.75) is 26.3 Å². The molecule has 0 radical (unpaired) electrons. The van der Waals surface area contributed by atoms with Gasteiger partial charge in [0.15, 0.2) is 5.96 Å². The average Bonchev–Trinajstić information content (AvgIpc) is 2.62. The zero-order valence-corrected chi connectivity index (χ0v) is 19.3. The van der Waals surface area contributed by atoms with Crippen molar-refractivity contribution in [3.8, 4) is 0 Å². The molecule has 1 saturated heterocycles. The molecule has 0 aromatic heterocycles. The number of halogens is 1. The number of carbonyl (C=O) groups excluding carboxylic acids is 1. The van der Waals surface area contributed by atoms with Crippen LogP contribution in [0.5, 0.6) is 0 Å². The number of hydrogen-bond donors (Lipinski definition) is 2. The molecule has 1 amide bonds. The van der Waals surface area contributed by atoms with Crippen LogP contribution in [0.4, 0.5) is 0 Å². The van der Waals surface area contributed by atoms with Crippen LogP contribution in [0.25, 0.3) is 0 Å². The number of carbonyl (C=O) groups is 1. The van der Waals surface area contributed by atoms with Crippen molar-refractivity contribution >= 4 is 35.8 Å². The first-order valence-electron chi connectivity index (χ1n) is 9.47. The zero-order chi connectivity index (χ0) is 18.9. The second-order valence-corrected chi connectivity index (χ2v) is 7.35. The Morgan fingerprint density at radius 3 is 2.78 bits per heavy atom. The minimum atomic E-state index is -0.0251. The van der Waals surface area contributed by atoms with Crippen LogP contribution in [0, 0.1) is 5.92 Å². The van der Waals surface area contributed by atoms with E-state index in [2.05, 4.69) is 27.4 Å². The predicted molar refractivity (Wildman–Crippen MR) is 123 cm³/mol. The second-order valence-electron chi connectivity index (χ2n) is 7.35. The molecule has 1 aromatic carbocycles. The van der Waals surface area contributed by atoms with E-state index in [-0.39, 0.29) is 29.9 Å². The van der Waals surface area contributed by atoms with Crippen LogP contribution < -0.4 is 10.6 Å². The first kappa shape index (κ1) is 23.7. The summed E-state index contributed by atoms with van der Waals surface area (Å²) in [6.45, 7) is 6.53. The fourth-order valence-corrected chi connectivity index (χ4v) is 3.21. The highest BCUT2D eigenvalue weighted by molar-refractivity contribution is 14.0. The summed E-state index contributed by atoms with van der Waals surface area (Å²) in [4.78, 5) is 21.1. The summed E-state index contributed by atoms with van der Waals surface area (Å²) < 4.78 is 0. The number of piperidine rings is 1. The van der Waals surface area contributed by atoms with Crippen LogP contribution in [-0.2, 0) is 6.54 Å². The number of nitrogens with one attached hydrogen (secondary N) is 2. The highest BCUT2D eigenvalue weighted by Crippen LogP contribution is 2.15. The van der Waals surface area contributed by atoms with Gasteiger partial charge < -0.3 is 20.4 Å². The first-order chi connectivity index (χ1) is 12.5. The van der Waals surface area contributed by atoms with Crippen LogP contribution >= 0.6 is 24.0 Å². The molecule has 1 unspecified atom stereocenters. The molecule has 0 saturated carbocycles. The summed E-state index contributed by atoms with van der Waals surface area (Å²) >= 11 is 0. The number of likely N-dealkylation sites (N-methyl/N-ethyl adjacent to an activating group) is 1. The number of rotatable bonds is 6. The predicted octanol–water partition coefficient (Wildman–Crippen LogP) is 2.40. The van der Waals surface area contributed by atoms with Gasteiger partial charge in [0, 0.05) is 45.3 Å². The Bertz CT molecular complexity index is 620. The Morgan fingerprint density at radius 2 is 2.11 bits per heavy atom. The topological polar surface area (TPSA) is 60.0 Å². The number of likely N-dealkylation sites (tertiary alicyclic amines) is 1. The lowest BCUT2D eigenvalue weighted by atomic mass is 10.0. The lowest BCUT2D eigenvalue weighted by molar-refractivity contribution is 0.0951. The molecular weight excluding hydrogens is 453 g/mol. The number of hydrogen-bond acceptors (Lipinski definition) is 3. The minimum absolute atomic E-state index is 0. The number of benzene rings is 1. The largest absolute Gasteiger partial charge is 0.352 e. The average molecular weight is 487 g/mol. The fourth-order valence-electron chi connectivity index (χ4n) is 3.21. The van der Waals surface area contributed by atoms with E-state index in [1.165, 1.54) is 12.8 Å². The van der Waals surface area contributed by atoms with Crippen molar-refractivity contribution < 1.29 is 4.79 Å². The van der Waals surface area contributed by atoms with Crippen molar-refractivity contribution in [3.63, 3.8) is 0 Å². The van der Waals surface area contributed by atoms with Gasteiger partial charge in [-0.25, -0.2) is 0 Å². The molecule has 1 fully saturated rings. The number of amides is 1. The molecule has 1 aliphatic heterocycles. The third kappa shape index (κ3) is 8.04. The zero-order valence-electron chi connectivity index (χ0n) is 17.0. The van der Waals surface area contributed by atoms with Gasteiger partial charge >= 0.3 is 0 Å². The van der Waals surface area contributed by atoms with E-state index in [1.807, 2.05) is 50.3 Å². The van der Waals surface area contributed by atoms with E-state index >= 15 is 0 Å². The monoisotopic (exact) mass is 487 g/mol. The van der Waals surface area contributed by atoms with Gasteiger partial charge in [0.2, 0.25) is 0 Å². The molecule has 1 aliphatic rings. The maximum Gasteiger partial charge on any atom is 0.251 e. The minimum Gasteiger partial charge on any atom is -0.352 e. The molecule has 7 heteroatoms.